The van der Waals surface area contributed by atoms with Crippen LogP contribution in [0.1, 0.15) is 43.4 Å². The molecule has 0 saturated heterocycles. The number of hydrogen-bond donors (Lipinski definition) is 0. The average Bonchev–Trinajstić information content (AvgIpc) is 2.45. The van der Waals surface area contributed by atoms with Crippen LogP contribution in [0.4, 0.5) is 0 Å². The van der Waals surface area contributed by atoms with Crippen molar-refractivity contribution in [2.75, 3.05) is 0 Å². The minimum absolute atomic E-state index is 0.132. The largest absolute Gasteiger partial charge is 0.198 e. The summed E-state index contributed by atoms with van der Waals surface area (Å²) in [4.78, 5) is 0. The molecule has 2 rings (SSSR count). The van der Waals surface area contributed by atoms with E-state index in [-0.39, 0.29) is 11.3 Å². The van der Waals surface area contributed by atoms with Gasteiger partial charge in [0.15, 0.2) is 0 Å². The van der Waals surface area contributed by atoms with Crippen LogP contribution in [0.25, 0.3) is 0 Å². The lowest BCUT2D eigenvalue weighted by atomic mass is 9.85. The molecule has 3 heteroatoms. The maximum absolute atomic E-state index is 9.48. The summed E-state index contributed by atoms with van der Waals surface area (Å²) in [6.07, 6.45) is 0.641. The Hall–Kier alpha value is -1.49. The van der Waals surface area contributed by atoms with Gasteiger partial charge in [-0.25, -0.2) is 0 Å². The highest BCUT2D eigenvalue weighted by Crippen LogP contribution is 2.30. The van der Waals surface area contributed by atoms with Crippen molar-refractivity contribution >= 4 is 23.2 Å². The molecule has 0 radical (unpaired) electrons. The van der Waals surface area contributed by atoms with Crippen LogP contribution in [0.2, 0.25) is 10.0 Å². The molecule has 0 spiro atoms. The molecule has 0 amide bonds. The lowest BCUT2D eigenvalue weighted by Gasteiger charge is -2.19. The van der Waals surface area contributed by atoms with E-state index in [4.69, 9.17) is 23.2 Å². The van der Waals surface area contributed by atoms with Gasteiger partial charge in [0.05, 0.1) is 12.0 Å². The summed E-state index contributed by atoms with van der Waals surface area (Å²) in [6.45, 7) is 6.56. The predicted octanol–water partition coefficient (Wildman–Crippen LogP) is 6.14. The van der Waals surface area contributed by atoms with Crippen LogP contribution >= 0.6 is 23.2 Å². The molecule has 0 fully saturated rings. The lowest BCUT2D eigenvalue weighted by Crippen LogP contribution is -2.11. The van der Waals surface area contributed by atoms with Gasteiger partial charge in [0.2, 0.25) is 0 Å². The van der Waals surface area contributed by atoms with E-state index < -0.39 is 0 Å². The lowest BCUT2D eigenvalue weighted by molar-refractivity contribution is 0.590. The molecule has 2 aromatic carbocycles. The third-order valence-electron chi connectivity index (χ3n) is 3.75. The maximum atomic E-state index is 9.48. The van der Waals surface area contributed by atoms with Crippen LogP contribution in [-0.4, -0.2) is 0 Å². The Morgan fingerprint density at radius 3 is 2.18 bits per heavy atom. The fourth-order valence-corrected chi connectivity index (χ4v) is 2.93. The molecule has 1 atom stereocenters. The zero-order valence-corrected chi connectivity index (χ0v) is 14.5. The van der Waals surface area contributed by atoms with Crippen molar-refractivity contribution in [3.63, 3.8) is 0 Å². The highest BCUT2D eigenvalue weighted by molar-refractivity contribution is 6.35. The van der Waals surface area contributed by atoms with Crippen molar-refractivity contribution in [2.24, 2.45) is 0 Å². The monoisotopic (exact) mass is 331 g/mol. The van der Waals surface area contributed by atoms with Crippen molar-refractivity contribution in [3.05, 3.63) is 69.2 Å². The van der Waals surface area contributed by atoms with E-state index in [1.807, 2.05) is 6.07 Å². The highest BCUT2D eigenvalue weighted by atomic mass is 35.5. The molecule has 22 heavy (non-hydrogen) atoms. The molecular weight excluding hydrogens is 313 g/mol. The Morgan fingerprint density at radius 1 is 1.05 bits per heavy atom. The smallest absolute Gasteiger partial charge is 0.0767 e. The van der Waals surface area contributed by atoms with Gasteiger partial charge in [-0.2, -0.15) is 5.26 Å². The van der Waals surface area contributed by atoms with E-state index in [9.17, 15) is 5.26 Å². The van der Waals surface area contributed by atoms with Gasteiger partial charge in [-0.1, -0.05) is 74.3 Å². The molecule has 1 nitrogen and oxygen atoms in total. The summed E-state index contributed by atoms with van der Waals surface area (Å²) in [5.74, 6) is -0.273. The Kier molecular flexibility index (Phi) is 5.16. The van der Waals surface area contributed by atoms with Crippen molar-refractivity contribution in [1.29, 1.82) is 5.26 Å². The van der Waals surface area contributed by atoms with Crippen molar-refractivity contribution < 1.29 is 0 Å². The van der Waals surface area contributed by atoms with Gasteiger partial charge in [-0.15, -0.1) is 0 Å². The van der Waals surface area contributed by atoms with Gasteiger partial charge in [0.25, 0.3) is 0 Å². The van der Waals surface area contributed by atoms with Crippen LogP contribution in [0.3, 0.4) is 0 Å². The second-order valence-corrected chi connectivity index (χ2v) is 7.34. The summed E-state index contributed by atoms with van der Waals surface area (Å²) in [5.41, 5.74) is 3.38. The first-order valence-electron chi connectivity index (χ1n) is 7.25. The maximum Gasteiger partial charge on any atom is 0.0767 e. The first-order chi connectivity index (χ1) is 10.3. The van der Waals surface area contributed by atoms with Gasteiger partial charge in [-0.3, -0.25) is 0 Å². The topological polar surface area (TPSA) is 23.8 Å². The molecule has 0 N–H and O–H groups in total. The molecular formula is C19H19Cl2N. The first-order valence-corrected chi connectivity index (χ1v) is 8.01. The van der Waals surface area contributed by atoms with E-state index in [0.29, 0.717) is 16.5 Å². The number of hydrogen-bond acceptors (Lipinski definition) is 1. The van der Waals surface area contributed by atoms with Crippen molar-refractivity contribution in [1.82, 2.24) is 0 Å². The minimum Gasteiger partial charge on any atom is -0.198 e. The second-order valence-electron chi connectivity index (χ2n) is 6.50. The summed E-state index contributed by atoms with van der Waals surface area (Å²) >= 11 is 12.1. The van der Waals surface area contributed by atoms with Crippen LogP contribution in [0.15, 0.2) is 42.5 Å². The summed E-state index contributed by atoms with van der Waals surface area (Å²) in [6, 6.07) is 16.1. The highest BCUT2D eigenvalue weighted by Gasteiger charge is 2.17. The molecule has 114 valence electrons. The Labute approximate surface area is 142 Å². The normalized spacial score (nSPS) is 12.7. The number of nitriles is 1. The van der Waals surface area contributed by atoms with Gasteiger partial charge >= 0.3 is 0 Å². The molecule has 2 aromatic rings. The van der Waals surface area contributed by atoms with Gasteiger partial charge in [0, 0.05) is 10.0 Å². The Morgan fingerprint density at radius 2 is 1.68 bits per heavy atom. The summed E-state index contributed by atoms with van der Waals surface area (Å²) < 4.78 is 0. The van der Waals surface area contributed by atoms with Gasteiger partial charge in [0.1, 0.15) is 0 Å². The number of halogens is 2. The zero-order valence-electron chi connectivity index (χ0n) is 13.0. The van der Waals surface area contributed by atoms with Crippen molar-refractivity contribution in [3.8, 4) is 6.07 Å². The molecule has 0 aliphatic carbocycles. The van der Waals surface area contributed by atoms with E-state index >= 15 is 0 Å². The third-order valence-corrected chi connectivity index (χ3v) is 4.32. The molecule has 0 heterocycles. The van der Waals surface area contributed by atoms with Crippen LogP contribution in [0, 0.1) is 11.3 Å². The van der Waals surface area contributed by atoms with Crippen LogP contribution in [-0.2, 0) is 11.8 Å². The molecule has 1 unspecified atom stereocenters. The van der Waals surface area contributed by atoms with Gasteiger partial charge in [-0.05, 0) is 40.7 Å². The summed E-state index contributed by atoms with van der Waals surface area (Å²) in [5, 5.41) is 10.6. The van der Waals surface area contributed by atoms with E-state index in [1.54, 1.807) is 12.1 Å². The standard InChI is InChI=1S/C19H19Cl2N/c1-19(2,3)15-6-4-13(5-7-15)10-14(12-22)17-9-8-16(20)11-18(17)21/h4-9,11,14H,10H2,1-3H3. The van der Waals surface area contributed by atoms with Crippen molar-refractivity contribution in [2.45, 2.75) is 38.5 Å². The van der Waals surface area contributed by atoms with E-state index in [2.05, 4.69) is 51.1 Å². The van der Waals surface area contributed by atoms with Crippen LogP contribution in [0.5, 0.6) is 0 Å². The van der Waals surface area contributed by atoms with Crippen LogP contribution < -0.4 is 0 Å². The number of benzene rings is 2. The third kappa shape index (κ3) is 4.03. The van der Waals surface area contributed by atoms with E-state index in [0.717, 1.165) is 11.1 Å². The molecule has 0 bridgehead atoms. The molecule has 0 saturated carbocycles. The molecule has 0 aliphatic heterocycles. The predicted molar refractivity (Wildman–Crippen MR) is 93.7 cm³/mol. The second kappa shape index (κ2) is 6.73. The SMILES string of the molecule is CC(C)(C)c1ccc(CC(C#N)c2ccc(Cl)cc2Cl)cc1. The Bertz CT molecular complexity index is 691. The quantitative estimate of drug-likeness (QED) is 0.662. The zero-order chi connectivity index (χ0) is 16.3. The fraction of sp³-hybridized carbons (Fsp3) is 0.316. The molecule has 0 aromatic heterocycles. The number of nitrogens with zero attached hydrogens (tertiary/aromatic N) is 1. The minimum atomic E-state index is -0.273. The molecule has 0 aliphatic rings. The van der Waals surface area contributed by atoms with E-state index in [1.165, 1.54) is 5.56 Å². The summed E-state index contributed by atoms with van der Waals surface area (Å²) in [7, 11) is 0. The Balaban J connectivity index is 2.22. The fourth-order valence-electron chi connectivity index (χ4n) is 2.39. The number of rotatable bonds is 3. The first kappa shape index (κ1) is 16.9. The van der Waals surface area contributed by atoms with Gasteiger partial charge < -0.3 is 0 Å². The average molecular weight is 332 g/mol.